The molecule has 0 fully saturated rings. The van der Waals surface area contributed by atoms with Crippen LogP contribution in [0.15, 0.2) is 48.5 Å². The summed E-state index contributed by atoms with van der Waals surface area (Å²) < 4.78 is 21.5. The number of aliphatic hydroxyl groups excluding tert-OH is 1. The second kappa shape index (κ2) is 19.6. The van der Waals surface area contributed by atoms with Crippen molar-refractivity contribution >= 4 is 29.9 Å². The van der Waals surface area contributed by atoms with E-state index in [-0.39, 0.29) is 64.3 Å². The molecule has 0 radical (unpaired) electrons. The molecule has 0 saturated heterocycles. The van der Waals surface area contributed by atoms with Crippen molar-refractivity contribution in [1.82, 2.24) is 20.0 Å². The Bertz CT molecular complexity index is 1180. The summed E-state index contributed by atoms with van der Waals surface area (Å²) in [4.78, 5) is 52.7. The molecule has 0 spiro atoms. The second-order valence-electron chi connectivity index (χ2n) is 9.72. The van der Waals surface area contributed by atoms with Gasteiger partial charge in [-0.1, -0.05) is 24.3 Å². The third kappa shape index (κ3) is 13.6. The van der Waals surface area contributed by atoms with Crippen molar-refractivity contribution in [2.24, 2.45) is 0 Å². The van der Waals surface area contributed by atoms with Gasteiger partial charge in [0.2, 0.25) is 5.91 Å². The van der Waals surface area contributed by atoms with Crippen molar-refractivity contribution in [3.8, 4) is 5.75 Å². The van der Waals surface area contributed by atoms with Crippen LogP contribution in [-0.4, -0.2) is 118 Å². The van der Waals surface area contributed by atoms with Crippen molar-refractivity contribution in [2.75, 3.05) is 79.0 Å². The van der Waals surface area contributed by atoms with E-state index in [1.54, 1.807) is 38.4 Å². The predicted octanol–water partition coefficient (Wildman–Crippen LogP) is 2.51. The molecule has 14 heteroatoms. The van der Waals surface area contributed by atoms with Gasteiger partial charge in [-0.2, -0.15) is 0 Å². The van der Waals surface area contributed by atoms with Crippen molar-refractivity contribution < 1.29 is 43.2 Å². The Morgan fingerprint density at radius 2 is 1.32 bits per heavy atom. The average molecular weight is 618 g/mol. The van der Waals surface area contributed by atoms with Gasteiger partial charge in [0, 0.05) is 66.5 Å². The van der Waals surface area contributed by atoms with E-state index in [1.165, 1.54) is 21.6 Å². The summed E-state index contributed by atoms with van der Waals surface area (Å²) in [5.74, 6) is 0.0943. The lowest BCUT2D eigenvalue weighted by molar-refractivity contribution is -0.119. The number of carbonyl (C=O) groups is 4. The van der Waals surface area contributed by atoms with E-state index < -0.39 is 18.3 Å². The molecule has 2 aromatic rings. The first-order chi connectivity index (χ1) is 21.1. The molecule has 2 aromatic carbocycles. The number of ether oxygens (including phenoxy) is 4. The van der Waals surface area contributed by atoms with Gasteiger partial charge >= 0.3 is 18.3 Å². The van der Waals surface area contributed by atoms with Gasteiger partial charge in [0.15, 0.2) is 0 Å². The molecule has 0 aliphatic carbocycles. The Labute approximate surface area is 257 Å². The zero-order valence-electron chi connectivity index (χ0n) is 25.7. The minimum Gasteiger partial charge on any atom is -0.445 e. The fourth-order valence-corrected chi connectivity index (χ4v) is 3.59. The van der Waals surface area contributed by atoms with Gasteiger partial charge in [0.1, 0.15) is 19.0 Å². The Morgan fingerprint density at radius 3 is 1.86 bits per heavy atom. The van der Waals surface area contributed by atoms with Gasteiger partial charge in [0.05, 0.1) is 19.8 Å². The molecule has 0 saturated carbocycles. The van der Waals surface area contributed by atoms with Crippen LogP contribution in [0.1, 0.15) is 18.1 Å². The standard InChI is InChI=1S/C30H43N5O9/c1-23(37)32-13-14-33(3)28(38)42-22-25-7-11-27(12-8-25)44-30(40)35(17-19-41-20-18-36)16-15-34(4)29(39)43-21-24-5-9-26(31-2)10-6-24/h5-12,31,36H,13-22H2,1-4H3,(H,32,37). The normalized spacial score (nSPS) is 10.4. The first kappa shape index (κ1) is 35.6. The average Bonchev–Trinajstić information content (AvgIpc) is 3.02. The summed E-state index contributed by atoms with van der Waals surface area (Å²) in [6, 6.07) is 14.0. The van der Waals surface area contributed by atoms with E-state index in [1.807, 2.05) is 31.3 Å². The highest BCUT2D eigenvalue weighted by atomic mass is 16.6. The quantitative estimate of drug-likeness (QED) is 0.225. The number of hydrogen-bond acceptors (Lipinski definition) is 10. The summed E-state index contributed by atoms with van der Waals surface area (Å²) in [5, 5.41) is 14.6. The first-order valence-electron chi connectivity index (χ1n) is 14.1. The van der Waals surface area contributed by atoms with E-state index >= 15 is 0 Å². The van der Waals surface area contributed by atoms with E-state index in [0.29, 0.717) is 18.7 Å². The lowest BCUT2D eigenvalue weighted by atomic mass is 10.2. The molecule has 0 bridgehead atoms. The highest BCUT2D eigenvalue weighted by Crippen LogP contribution is 2.15. The van der Waals surface area contributed by atoms with Gasteiger partial charge < -0.3 is 49.4 Å². The van der Waals surface area contributed by atoms with Crippen molar-refractivity contribution in [1.29, 1.82) is 0 Å². The largest absolute Gasteiger partial charge is 0.445 e. The summed E-state index contributed by atoms with van der Waals surface area (Å²) in [7, 11) is 4.96. The minimum absolute atomic E-state index is 0.00947. The van der Waals surface area contributed by atoms with Crippen LogP contribution in [-0.2, 0) is 32.2 Å². The van der Waals surface area contributed by atoms with Gasteiger partial charge in [-0.25, -0.2) is 14.4 Å². The molecular weight excluding hydrogens is 574 g/mol. The van der Waals surface area contributed by atoms with Crippen LogP contribution in [0.4, 0.5) is 20.1 Å². The molecule has 2 rings (SSSR count). The number of nitrogens with one attached hydrogen (secondary N) is 2. The maximum absolute atomic E-state index is 13.0. The maximum Gasteiger partial charge on any atom is 0.415 e. The summed E-state index contributed by atoms with van der Waals surface area (Å²) in [6.45, 7) is 2.77. The van der Waals surface area contributed by atoms with Crippen LogP contribution < -0.4 is 15.4 Å². The molecule has 14 nitrogen and oxygen atoms in total. The van der Waals surface area contributed by atoms with Crippen LogP contribution >= 0.6 is 0 Å². The molecule has 0 aromatic heterocycles. The lowest BCUT2D eigenvalue weighted by Gasteiger charge is -2.25. The van der Waals surface area contributed by atoms with E-state index in [0.717, 1.165) is 11.3 Å². The minimum atomic E-state index is -0.649. The number of nitrogens with zero attached hydrogens (tertiary/aromatic N) is 3. The number of rotatable bonds is 17. The number of benzene rings is 2. The second-order valence-corrected chi connectivity index (χ2v) is 9.72. The smallest absolute Gasteiger partial charge is 0.415 e. The zero-order valence-corrected chi connectivity index (χ0v) is 25.7. The first-order valence-corrected chi connectivity index (χ1v) is 14.1. The molecular formula is C30H43N5O9. The van der Waals surface area contributed by atoms with Gasteiger partial charge in [-0.3, -0.25) is 4.79 Å². The fourth-order valence-electron chi connectivity index (χ4n) is 3.59. The number of anilines is 1. The third-order valence-electron chi connectivity index (χ3n) is 6.24. The van der Waals surface area contributed by atoms with Crippen molar-refractivity contribution in [3.63, 3.8) is 0 Å². The maximum atomic E-state index is 13.0. The van der Waals surface area contributed by atoms with E-state index in [4.69, 9.17) is 24.1 Å². The van der Waals surface area contributed by atoms with E-state index in [2.05, 4.69) is 10.6 Å². The SMILES string of the molecule is CNc1ccc(COC(=O)N(C)CCN(CCOCCO)C(=O)Oc2ccc(COC(=O)N(C)CCNC(C)=O)cc2)cc1. The molecule has 0 aliphatic heterocycles. The molecule has 0 unspecified atom stereocenters. The molecule has 242 valence electrons. The zero-order chi connectivity index (χ0) is 32.3. The van der Waals surface area contributed by atoms with Crippen LogP contribution in [0.2, 0.25) is 0 Å². The number of amides is 4. The highest BCUT2D eigenvalue weighted by molar-refractivity contribution is 5.73. The molecule has 44 heavy (non-hydrogen) atoms. The van der Waals surface area contributed by atoms with Crippen LogP contribution in [0.5, 0.6) is 5.75 Å². The van der Waals surface area contributed by atoms with Gasteiger partial charge in [-0.15, -0.1) is 0 Å². The van der Waals surface area contributed by atoms with Crippen molar-refractivity contribution in [2.45, 2.75) is 20.1 Å². The van der Waals surface area contributed by atoms with Crippen LogP contribution in [0.3, 0.4) is 0 Å². The number of carbonyl (C=O) groups excluding carboxylic acids is 4. The number of likely N-dealkylation sites (N-methyl/N-ethyl adjacent to an activating group) is 2. The molecule has 4 amide bonds. The van der Waals surface area contributed by atoms with Gasteiger partial charge in [-0.05, 0) is 35.4 Å². The van der Waals surface area contributed by atoms with Crippen LogP contribution in [0, 0.1) is 0 Å². The molecule has 3 N–H and O–H groups in total. The molecule has 0 aliphatic rings. The topological polar surface area (TPSA) is 159 Å². The fraction of sp³-hybridized carbons (Fsp3) is 0.467. The number of aliphatic hydroxyl groups is 1. The number of hydrogen-bond donors (Lipinski definition) is 3. The van der Waals surface area contributed by atoms with E-state index in [9.17, 15) is 19.2 Å². The highest BCUT2D eigenvalue weighted by Gasteiger charge is 2.19. The lowest BCUT2D eigenvalue weighted by Crippen LogP contribution is -2.42. The summed E-state index contributed by atoms with van der Waals surface area (Å²) in [6.07, 6.45) is -1.73. The molecule has 0 heterocycles. The Kier molecular flexibility index (Phi) is 15.9. The van der Waals surface area contributed by atoms with Crippen LogP contribution in [0.25, 0.3) is 0 Å². The Hall–Kier alpha value is -4.56. The Balaban J connectivity index is 1.86. The van der Waals surface area contributed by atoms with Crippen molar-refractivity contribution in [3.05, 3.63) is 59.7 Å². The summed E-state index contributed by atoms with van der Waals surface area (Å²) in [5.41, 5.74) is 2.47. The predicted molar refractivity (Wildman–Crippen MR) is 162 cm³/mol. The molecule has 0 atom stereocenters. The monoisotopic (exact) mass is 617 g/mol. The van der Waals surface area contributed by atoms with Gasteiger partial charge in [0.25, 0.3) is 0 Å². The Morgan fingerprint density at radius 1 is 0.750 bits per heavy atom. The third-order valence-corrected chi connectivity index (χ3v) is 6.24. The summed E-state index contributed by atoms with van der Waals surface area (Å²) >= 11 is 0.